The van der Waals surface area contributed by atoms with E-state index in [1.54, 1.807) is 13.8 Å². The van der Waals surface area contributed by atoms with Crippen LogP contribution in [0.1, 0.15) is 61.8 Å². The topological polar surface area (TPSA) is 80.2 Å². The molecule has 1 fully saturated rings. The molecule has 3 heterocycles. The molecule has 39 heavy (non-hydrogen) atoms. The molecule has 210 valence electrons. The molecule has 0 bridgehead atoms. The number of aromatic nitrogens is 3. The first-order chi connectivity index (χ1) is 18.3. The van der Waals surface area contributed by atoms with E-state index in [4.69, 9.17) is 4.74 Å². The number of benzene rings is 1. The van der Waals surface area contributed by atoms with Gasteiger partial charge in [0, 0.05) is 31.0 Å². The SMILES string of the molecule is CC(=O)N1CCC(OCC(F)(F)F)(c2cc3c(N[C@H](C)c4cccc(C(F)F)c4F)nc(C)nc3cn2)CC1. The van der Waals surface area contributed by atoms with Gasteiger partial charge in [0.1, 0.15) is 29.7 Å². The van der Waals surface area contributed by atoms with Gasteiger partial charge in [-0.1, -0.05) is 18.2 Å². The van der Waals surface area contributed by atoms with Gasteiger partial charge in [0.25, 0.3) is 6.43 Å². The number of halogens is 6. The summed E-state index contributed by atoms with van der Waals surface area (Å²) in [4.78, 5) is 26.5. The summed E-state index contributed by atoms with van der Waals surface area (Å²) in [5.74, 6) is -0.672. The van der Waals surface area contributed by atoms with Crippen molar-refractivity contribution in [3.05, 3.63) is 58.9 Å². The number of piperidine rings is 1. The van der Waals surface area contributed by atoms with Crippen molar-refractivity contribution in [3.63, 3.8) is 0 Å². The quantitative estimate of drug-likeness (QED) is 0.361. The van der Waals surface area contributed by atoms with Crippen molar-refractivity contribution in [3.8, 4) is 0 Å². The standard InChI is InChI=1S/C26H27F6N5O2/c1-14(17-5-4-6-18(22(17)27)23(28)29)34-24-19-11-21(33-12-20(19)35-15(2)36-24)25(39-13-26(30,31)32)7-9-37(10-8-25)16(3)38/h4-6,11-12,14,23H,7-10,13H2,1-3H3,(H,34,35,36)/t14-/m1/s1. The normalized spacial score (nSPS) is 16.5. The van der Waals surface area contributed by atoms with Gasteiger partial charge in [-0.15, -0.1) is 0 Å². The van der Waals surface area contributed by atoms with Gasteiger partial charge in [-0.2, -0.15) is 13.2 Å². The molecule has 0 aliphatic carbocycles. The molecule has 2 aromatic heterocycles. The molecule has 0 saturated carbocycles. The summed E-state index contributed by atoms with van der Waals surface area (Å²) < 4.78 is 86.2. The second kappa shape index (κ2) is 10.9. The summed E-state index contributed by atoms with van der Waals surface area (Å²) in [6, 6.07) is 4.45. The Balaban J connectivity index is 1.74. The van der Waals surface area contributed by atoms with Gasteiger partial charge in [-0.05, 0) is 32.8 Å². The molecule has 7 nitrogen and oxygen atoms in total. The maximum Gasteiger partial charge on any atom is 0.411 e. The minimum Gasteiger partial charge on any atom is -0.363 e. The summed E-state index contributed by atoms with van der Waals surface area (Å²) in [5, 5.41) is 3.41. The first kappa shape index (κ1) is 28.5. The Morgan fingerprint density at radius 1 is 1.18 bits per heavy atom. The molecule has 1 N–H and O–H groups in total. The molecular weight excluding hydrogens is 528 g/mol. The number of ether oxygens (including phenoxy) is 1. The Bertz CT molecular complexity index is 1360. The molecule has 3 aromatic rings. The van der Waals surface area contributed by atoms with Crippen molar-refractivity contribution >= 4 is 22.6 Å². The number of aryl methyl sites for hydroxylation is 1. The van der Waals surface area contributed by atoms with E-state index < -0.39 is 42.2 Å². The predicted octanol–water partition coefficient (Wildman–Crippen LogP) is 6.00. The lowest BCUT2D eigenvalue weighted by Gasteiger charge is -2.41. The monoisotopic (exact) mass is 555 g/mol. The number of amides is 1. The fourth-order valence-corrected chi connectivity index (χ4v) is 4.74. The number of hydrogen-bond donors (Lipinski definition) is 1. The van der Waals surface area contributed by atoms with Crippen LogP contribution in [0.15, 0.2) is 30.5 Å². The smallest absolute Gasteiger partial charge is 0.363 e. The number of pyridine rings is 1. The molecule has 1 aliphatic heterocycles. The third-order valence-corrected chi connectivity index (χ3v) is 6.80. The van der Waals surface area contributed by atoms with E-state index in [9.17, 15) is 31.1 Å². The third-order valence-electron chi connectivity index (χ3n) is 6.80. The highest BCUT2D eigenvalue weighted by Gasteiger charge is 2.43. The number of carbonyl (C=O) groups excluding carboxylic acids is 1. The van der Waals surface area contributed by atoms with E-state index >= 15 is 0 Å². The van der Waals surface area contributed by atoms with Crippen LogP contribution in [0, 0.1) is 12.7 Å². The third kappa shape index (κ3) is 6.23. The highest BCUT2D eigenvalue weighted by Crippen LogP contribution is 2.39. The van der Waals surface area contributed by atoms with Crippen molar-refractivity contribution in [2.24, 2.45) is 0 Å². The molecule has 1 saturated heterocycles. The van der Waals surface area contributed by atoms with Crippen LogP contribution >= 0.6 is 0 Å². The lowest BCUT2D eigenvalue weighted by Crippen LogP contribution is -2.47. The van der Waals surface area contributed by atoms with E-state index in [1.807, 2.05) is 0 Å². The van der Waals surface area contributed by atoms with Gasteiger partial charge in [0.2, 0.25) is 5.91 Å². The summed E-state index contributed by atoms with van der Waals surface area (Å²) in [5.41, 5.74) is -1.59. The minimum atomic E-state index is -4.58. The van der Waals surface area contributed by atoms with Crippen molar-refractivity contribution in [2.45, 2.75) is 57.9 Å². The van der Waals surface area contributed by atoms with Gasteiger partial charge in [0.05, 0.1) is 29.0 Å². The van der Waals surface area contributed by atoms with Crippen molar-refractivity contribution in [1.29, 1.82) is 0 Å². The summed E-state index contributed by atoms with van der Waals surface area (Å²) >= 11 is 0. The fraction of sp³-hybridized carbons (Fsp3) is 0.462. The molecule has 1 aromatic carbocycles. The summed E-state index contributed by atoms with van der Waals surface area (Å²) in [7, 11) is 0. The maximum atomic E-state index is 14.8. The second-order valence-electron chi connectivity index (χ2n) is 9.53. The number of hydrogen-bond acceptors (Lipinski definition) is 6. The summed E-state index contributed by atoms with van der Waals surface area (Å²) in [6.45, 7) is 3.44. The van der Waals surface area contributed by atoms with E-state index in [0.29, 0.717) is 16.7 Å². The predicted molar refractivity (Wildman–Crippen MR) is 131 cm³/mol. The average molecular weight is 556 g/mol. The number of carbonyl (C=O) groups is 1. The van der Waals surface area contributed by atoms with Gasteiger partial charge in [0.15, 0.2) is 0 Å². The molecule has 4 rings (SSSR count). The number of anilines is 1. The summed E-state index contributed by atoms with van der Waals surface area (Å²) in [6.07, 6.45) is -6.02. The number of nitrogens with one attached hydrogen (secondary N) is 1. The lowest BCUT2D eigenvalue weighted by molar-refractivity contribution is -0.217. The van der Waals surface area contributed by atoms with Gasteiger partial charge in [-0.3, -0.25) is 9.78 Å². The molecule has 0 spiro atoms. The van der Waals surface area contributed by atoms with Crippen LogP contribution < -0.4 is 5.32 Å². The molecule has 1 amide bonds. The number of nitrogens with zero attached hydrogens (tertiary/aromatic N) is 4. The van der Waals surface area contributed by atoms with Crippen LogP contribution in [-0.2, 0) is 15.1 Å². The van der Waals surface area contributed by atoms with Crippen LogP contribution in [0.2, 0.25) is 0 Å². The molecule has 1 atom stereocenters. The zero-order valence-corrected chi connectivity index (χ0v) is 21.5. The highest BCUT2D eigenvalue weighted by atomic mass is 19.4. The zero-order valence-electron chi connectivity index (χ0n) is 21.5. The van der Waals surface area contributed by atoms with Crippen molar-refractivity contribution in [1.82, 2.24) is 19.9 Å². The van der Waals surface area contributed by atoms with Crippen molar-refractivity contribution < 1.29 is 35.9 Å². The fourth-order valence-electron chi connectivity index (χ4n) is 4.74. The number of fused-ring (bicyclic) bond motifs is 1. The van der Waals surface area contributed by atoms with Crippen molar-refractivity contribution in [2.75, 3.05) is 25.0 Å². The molecule has 0 radical (unpaired) electrons. The first-order valence-electron chi connectivity index (χ1n) is 12.2. The zero-order chi connectivity index (χ0) is 28.5. The van der Waals surface area contributed by atoms with Gasteiger partial charge >= 0.3 is 6.18 Å². The van der Waals surface area contributed by atoms with Crippen LogP contribution in [0.25, 0.3) is 10.9 Å². The molecular formula is C26H27F6N5O2. The maximum absolute atomic E-state index is 14.8. The van der Waals surface area contributed by atoms with Crippen LogP contribution in [-0.4, -0.2) is 51.6 Å². The van der Waals surface area contributed by atoms with Crippen LogP contribution in [0.5, 0.6) is 0 Å². The molecule has 13 heteroatoms. The second-order valence-corrected chi connectivity index (χ2v) is 9.53. The highest BCUT2D eigenvalue weighted by molar-refractivity contribution is 5.89. The Morgan fingerprint density at radius 2 is 1.85 bits per heavy atom. The largest absolute Gasteiger partial charge is 0.411 e. The Kier molecular flexibility index (Phi) is 8.01. The van der Waals surface area contributed by atoms with E-state index in [-0.39, 0.29) is 48.9 Å². The number of rotatable bonds is 7. The molecule has 0 unspecified atom stereocenters. The Labute approximate surface area is 220 Å². The van der Waals surface area contributed by atoms with Gasteiger partial charge in [-0.25, -0.2) is 23.1 Å². The van der Waals surface area contributed by atoms with Crippen LogP contribution in [0.4, 0.5) is 32.2 Å². The van der Waals surface area contributed by atoms with Gasteiger partial charge < -0.3 is 15.0 Å². The lowest BCUT2D eigenvalue weighted by atomic mass is 9.86. The van der Waals surface area contributed by atoms with E-state index in [2.05, 4.69) is 20.3 Å². The minimum absolute atomic E-state index is 0.00641. The number of alkyl halides is 5. The Hall–Kier alpha value is -3.48. The number of likely N-dealkylation sites (tertiary alicyclic amines) is 1. The van der Waals surface area contributed by atoms with E-state index in [1.165, 1.54) is 36.2 Å². The van der Waals surface area contributed by atoms with Crippen LogP contribution in [0.3, 0.4) is 0 Å². The molecule has 1 aliphatic rings. The first-order valence-corrected chi connectivity index (χ1v) is 12.2. The average Bonchev–Trinajstić information content (AvgIpc) is 2.87. The Morgan fingerprint density at radius 3 is 2.46 bits per heavy atom. The van der Waals surface area contributed by atoms with E-state index in [0.717, 1.165) is 6.07 Å².